The van der Waals surface area contributed by atoms with E-state index in [1.165, 1.54) is 36.1 Å². The van der Waals surface area contributed by atoms with Gasteiger partial charge in [0.05, 0.1) is 10.9 Å². The molecule has 0 spiro atoms. The molecule has 0 saturated heterocycles. The Morgan fingerprint density at radius 3 is 2.84 bits per heavy atom. The van der Waals surface area contributed by atoms with Gasteiger partial charge in [-0.2, -0.15) is 0 Å². The van der Waals surface area contributed by atoms with Gasteiger partial charge in [-0.15, -0.1) is 11.8 Å². The third-order valence-corrected chi connectivity index (χ3v) is 5.65. The molecule has 102 valence electrons. The van der Waals surface area contributed by atoms with E-state index in [-0.39, 0.29) is 16.6 Å². The molecule has 19 heavy (non-hydrogen) atoms. The Bertz CT molecular complexity index is 509. The molecular formula is C15H20N2OS. The molecule has 4 heteroatoms. The number of rotatable bonds is 2. The number of hydrogen-bond acceptors (Lipinski definition) is 3. The molecule has 0 radical (unpaired) electrons. The highest BCUT2D eigenvalue weighted by molar-refractivity contribution is 8.00. The molecule has 1 aliphatic heterocycles. The van der Waals surface area contributed by atoms with Crippen LogP contribution in [-0.2, 0) is 10.2 Å². The van der Waals surface area contributed by atoms with Gasteiger partial charge in [0.1, 0.15) is 0 Å². The lowest BCUT2D eigenvalue weighted by Crippen LogP contribution is -2.32. The fourth-order valence-electron chi connectivity index (χ4n) is 3.20. The van der Waals surface area contributed by atoms with E-state index >= 15 is 0 Å². The molecule has 1 aliphatic carbocycles. The molecular weight excluding hydrogens is 256 g/mol. The van der Waals surface area contributed by atoms with Gasteiger partial charge in [-0.1, -0.05) is 18.9 Å². The number of thioether (sulfide) groups is 1. The summed E-state index contributed by atoms with van der Waals surface area (Å²) in [4.78, 5) is 12.9. The van der Waals surface area contributed by atoms with Crippen LogP contribution in [0.25, 0.3) is 0 Å². The van der Waals surface area contributed by atoms with E-state index in [9.17, 15) is 4.79 Å². The Hall–Kier alpha value is -1.00. The number of carbonyl (C=O) groups excluding carboxylic acids is 1. The lowest BCUT2D eigenvalue weighted by Gasteiger charge is -2.30. The Kier molecular flexibility index (Phi) is 3.31. The van der Waals surface area contributed by atoms with E-state index < -0.39 is 0 Å². The summed E-state index contributed by atoms with van der Waals surface area (Å²) < 4.78 is 0. The van der Waals surface area contributed by atoms with Gasteiger partial charge in [0.25, 0.3) is 0 Å². The third-order valence-electron chi connectivity index (χ3n) is 4.47. The van der Waals surface area contributed by atoms with Crippen molar-refractivity contribution in [1.82, 2.24) is 0 Å². The Morgan fingerprint density at radius 2 is 2.16 bits per heavy atom. The number of hydrogen-bond donors (Lipinski definition) is 2. The summed E-state index contributed by atoms with van der Waals surface area (Å²) in [5.74, 6) is 0.0999. The zero-order chi connectivity index (χ0) is 13.5. The van der Waals surface area contributed by atoms with Crippen LogP contribution in [0, 0.1) is 0 Å². The largest absolute Gasteiger partial charge is 0.330 e. The van der Waals surface area contributed by atoms with Gasteiger partial charge in [0, 0.05) is 16.9 Å². The second-order valence-electron chi connectivity index (χ2n) is 5.65. The van der Waals surface area contributed by atoms with E-state index in [0.717, 1.165) is 5.69 Å². The molecule has 1 atom stereocenters. The summed E-state index contributed by atoms with van der Waals surface area (Å²) in [5, 5.41) is 3.01. The van der Waals surface area contributed by atoms with Crippen molar-refractivity contribution in [2.45, 2.75) is 48.2 Å². The number of fused-ring (bicyclic) bond motifs is 1. The summed E-state index contributed by atoms with van der Waals surface area (Å²) in [7, 11) is 0. The molecule has 0 bridgehead atoms. The van der Waals surface area contributed by atoms with Crippen molar-refractivity contribution < 1.29 is 4.79 Å². The fourth-order valence-corrected chi connectivity index (χ4v) is 4.13. The molecule has 1 aromatic carbocycles. The SMILES string of the molecule is CC1Sc2ccc(C3(CN)CCCC3)cc2NC1=O. The van der Waals surface area contributed by atoms with Crippen molar-refractivity contribution in [3.8, 4) is 0 Å². The summed E-state index contributed by atoms with van der Waals surface area (Å²) in [6.07, 6.45) is 4.85. The van der Waals surface area contributed by atoms with E-state index in [1.54, 1.807) is 11.8 Å². The summed E-state index contributed by atoms with van der Waals surface area (Å²) >= 11 is 1.63. The first kappa shape index (κ1) is 13.0. The molecule has 0 aromatic heterocycles. The van der Waals surface area contributed by atoms with Crippen molar-refractivity contribution in [2.24, 2.45) is 5.73 Å². The number of amides is 1. The van der Waals surface area contributed by atoms with Crippen molar-refractivity contribution in [3.05, 3.63) is 23.8 Å². The number of anilines is 1. The highest BCUT2D eigenvalue weighted by Crippen LogP contribution is 2.43. The average Bonchev–Trinajstić information content (AvgIpc) is 2.89. The standard InChI is InChI=1S/C15H20N2OS/c1-10-14(18)17-12-8-11(4-5-13(12)19-10)15(9-16)6-2-3-7-15/h4-5,8,10H,2-3,6-7,9,16H2,1H3,(H,17,18). The molecule has 3 nitrogen and oxygen atoms in total. The minimum atomic E-state index is -0.00620. The number of carbonyl (C=O) groups is 1. The van der Waals surface area contributed by atoms with E-state index in [4.69, 9.17) is 5.73 Å². The molecule has 3 rings (SSSR count). The molecule has 1 aromatic rings. The predicted octanol–water partition coefficient (Wildman–Crippen LogP) is 2.89. The summed E-state index contributed by atoms with van der Waals surface area (Å²) in [6, 6.07) is 6.49. The first-order valence-corrected chi connectivity index (χ1v) is 7.85. The van der Waals surface area contributed by atoms with Crippen LogP contribution in [0.1, 0.15) is 38.2 Å². The average molecular weight is 276 g/mol. The minimum absolute atomic E-state index is 0.00620. The van der Waals surface area contributed by atoms with Crippen molar-refractivity contribution in [2.75, 3.05) is 11.9 Å². The van der Waals surface area contributed by atoms with Crippen LogP contribution < -0.4 is 11.1 Å². The maximum atomic E-state index is 11.8. The highest BCUT2D eigenvalue weighted by Gasteiger charge is 2.35. The maximum absolute atomic E-state index is 11.8. The van der Waals surface area contributed by atoms with Gasteiger partial charge in [0.2, 0.25) is 5.91 Å². The number of nitrogens with two attached hydrogens (primary N) is 1. The first-order valence-electron chi connectivity index (χ1n) is 6.97. The van der Waals surface area contributed by atoms with E-state index in [2.05, 4.69) is 23.5 Å². The van der Waals surface area contributed by atoms with Crippen LogP contribution in [0.2, 0.25) is 0 Å². The summed E-state index contributed by atoms with van der Waals surface area (Å²) in [5.41, 5.74) is 8.42. The predicted molar refractivity (Wildman–Crippen MR) is 79.6 cm³/mol. The lowest BCUT2D eigenvalue weighted by atomic mass is 9.79. The fraction of sp³-hybridized carbons (Fsp3) is 0.533. The van der Waals surface area contributed by atoms with Gasteiger partial charge in [-0.05, 0) is 37.5 Å². The normalized spacial score (nSPS) is 24.9. The second-order valence-corrected chi connectivity index (χ2v) is 7.03. The minimum Gasteiger partial charge on any atom is -0.330 e. The van der Waals surface area contributed by atoms with Crippen LogP contribution in [0.4, 0.5) is 5.69 Å². The van der Waals surface area contributed by atoms with Crippen LogP contribution in [0.15, 0.2) is 23.1 Å². The highest BCUT2D eigenvalue weighted by atomic mass is 32.2. The van der Waals surface area contributed by atoms with Crippen LogP contribution in [-0.4, -0.2) is 17.7 Å². The molecule has 1 unspecified atom stereocenters. The Balaban J connectivity index is 1.97. The Labute approximate surface area is 118 Å². The van der Waals surface area contributed by atoms with Gasteiger partial charge < -0.3 is 11.1 Å². The lowest BCUT2D eigenvalue weighted by molar-refractivity contribution is -0.115. The van der Waals surface area contributed by atoms with Crippen molar-refractivity contribution >= 4 is 23.4 Å². The number of nitrogens with one attached hydrogen (secondary N) is 1. The zero-order valence-corrected chi connectivity index (χ0v) is 12.1. The molecule has 1 fully saturated rings. The quantitative estimate of drug-likeness (QED) is 0.873. The van der Waals surface area contributed by atoms with Crippen molar-refractivity contribution in [1.29, 1.82) is 0 Å². The van der Waals surface area contributed by atoms with Gasteiger partial charge in [-0.3, -0.25) is 4.79 Å². The molecule has 1 saturated carbocycles. The maximum Gasteiger partial charge on any atom is 0.237 e. The topological polar surface area (TPSA) is 55.1 Å². The molecule has 3 N–H and O–H groups in total. The number of benzene rings is 1. The van der Waals surface area contributed by atoms with Gasteiger partial charge in [-0.25, -0.2) is 0 Å². The van der Waals surface area contributed by atoms with Crippen LogP contribution in [0.3, 0.4) is 0 Å². The molecule has 1 amide bonds. The van der Waals surface area contributed by atoms with Gasteiger partial charge in [0.15, 0.2) is 0 Å². The smallest absolute Gasteiger partial charge is 0.237 e. The first-order chi connectivity index (χ1) is 9.14. The van der Waals surface area contributed by atoms with Crippen LogP contribution in [0.5, 0.6) is 0 Å². The Morgan fingerprint density at radius 1 is 1.42 bits per heavy atom. The van der Waals surface area contributed by atoms with Crippen LogP contribution >= 0.6 is 11.8 Å². The molecule has 2 aliphatic rings. The third kappa shape index (κ3) is 2.17. The van der Waals surface area contributed by atoms with Crippen molar-refractivity contribution in [3.63, 3.8) is 0 Å². The monoisotopic (exact) mass is 276 g/mol. The molecule has 1 heterocycles. The second kappa shape index (κ2) is 4.84. The van der Waals surface area contributed by atoms with E-state index in [1.807, 2.05) is 6.92 Å². The van der Waals surface area contributed by atoms with Gasteiger partial charge >= 0.3 is 0 Å². The summed E-state index contributed by atoms with van der Waals surface area (Å²) in [6.45, 7) is 2.64. The van der Waals surface area contributed by atoms with E-state index in [0.29, 0.717) is 6.54 Å². The zero-order valence-electron chi connectivity index (χ0n) is 11.2.